The van der Waals surface area contributed by atoms with Gasteiger partial charge in [0.05, 0.1) is 11.6 Å². The van der Waals surface area contributed by atoms with E-state index in [1.54, 1.807) is 4.90 Å². The van der Waals surface area contributed by atoms with E-state index in [4.69, 9.17) is 5.73 Å². The second-order valence-electron chi connectivity index (χ2n) is 7.21. The van der Waals surface area contributed by atoms with Gasteiger partial charge >= 0.3 is 0 Å². The minimum atomic E-state index is -0.435. The first-order chi connectivity index (χ1) is 11.3. The first-order valence-electron chi connectivity index (χ1n) is 8.33. The quantitative estimate of drug-likeness (QED) is 0.725. The van der Waals surface area contributed by atoms with Crippen LogP contribution < -0.4 is 16.0 Å². The number of hydrogen-bond acceptors (Lipinski definition) is 3. The molecule has 7 heteroatoms. The van der Waals surface area contributed by atoms with Crippen LogP contribution in [0.1, 0.15) is 33.6 Å². The minimum absolute atomic E-state index is 0. The molecular weight excluding hydrogens is 406 g/mol. The molecule has 0 saturated carbocycles. The van der Waals surface area contributed by atoms with Gasteiger partial charge in [-0.15, -0.1) is 12.4 Å². The number of para-hydroxylation sites is 1. The van der Waals surface area contributed by atoms with Crippen LogP contribution in [0.2, 0.25) is 0 Å². The van der Waals surface area contributed by atoms with E-state index in [9.17, 15) is 9.59 Å². The zero-order valence-corrected chi connectivity index (χ0v) is 17.3. The molecule has 0 bridgehead atoms. The third kappa shape index (κ3) is 5.43. The third-order valence-corrected chi connectivity index (χ3v) is 5.04. The van der Waals surface area contributed by atoms with Gasteiger partial charge in [-0.2, -0.15) is 0 Å². The maximum absolute atomic E-state index is 12.7. The van der Waals surface area contributed by atoms with E-state index in [2.05, 4.69) is 35.1 Å². The standard InChI is InChI=1S/C18H26BrN3O2.ClH/c1-12(2)9-18(3,11-20)21-17(24)13-8-16(23)22(10-13)15-7-5-4-6-14(15)19;/h4-7,12-13H,8-11,20H2,1-3H3,(H,21,24);1H. The molecule has 0 aliphatic carbocycles. The molecule has 1 fully saturated rings. The molecule has 0 spiro atoms. The van der Waals surface area contributed by atoms with E-state index in [1.165, 1.54) is 0 Å². The number of rotatable bonds is 6. The Hall–Kier alpha value is -1.11. The highest BCUT2D eigenvalue weighted by molar-refractivity contribution is 9.10. The Morgan fingerprint density at radius 1 is 1.44 bits per heavy atom. The van der Waals surface area contributed by atoms with Crippen LogP contribution in [-0.2, 0) is 9.59 Å². The second-order valence-corrected chi connectivity index (χ2v) is 8.06. The predicted molar refractivity (Wildman–Crippen MR) is 107 cm³/mol. The molecule has 5 nitrogen and oxygen atoms in total. The van der Waals surface area contributed by atoms with Gasteiger partial charge in [0.1, 0.15) is 0 Å². The fraction of sp³-hybridized carbons (Fsp3) is 0.556. The molecule has 1 heterocycles. The normalized spacial score (nSPS) is 19.5. The molecule has 1 aromatic carbocycles. The van der Waals surface area contributed by atoms with Crippen LogP contribution in [0.25, 0.3) is 0 Å². The van der Waals surface area contributed by atoms with Gasteiger partial charge in [0, 0.05) is 29.5 Å². The van der Waals surface area contributed by atoms with Crippen molar-refractivity contribution in [1.82, 2.24) is 5.32 Å². The van der Waals surface area contributed by atoms with E-state index >= 15 is 0 Å². The van der Waals surface area contributed by atoms with E-state index in [0.717, 1.165) is 16.6 Å². The van der Waals surface area contributed by atoms with Crippen molar-refractivity contribution in [2.45, 2.75) is 39.2 Å². The van der Waals surface area contributed by atoms with Gasteiger partial charge in [-0.1, -0.05) is 26.0 Å². The van der Waals surface area contributed by atoms with Crippen molar-refractivity contribution < 1.29 is 9.59 Å². The molecule has 2 rings (SSSR count). The van der Waals surface area contributed by atoms with Crippen LogP contribution in [0.5, 0.6) is 0 Å². The summed E-state index contributed by atoms with van der Waals surface area (Å²) in [7, 11) is 0. The van der Waals surface area contributed by atoms with E-state index in [1.807, 2.05) is 31.2 Å². The minimum Gasteiger partial charge on any atom is -0.349 e. The third-order valence-electron chi connectivity index (χ3n) is 4.37. The topological polar surface area (TPSA) is 75.4 Å². The average Bonchev–Trinajstić information content (AvgIpc) is 2.89. The first-order valence-corrected chi connectivity index (χ1v) is 9.12. The molecule has 140 valence electrons. The number of carbonyl (C=O) groups excluding carboxylic acids is 2. The molecule has 25 heavy (non-hydrogen) atoms. The number of halogens is 2. The Kier molecular flexibility index (Phi) is 7.90. The van der Waals surface area contributed by atoms with Gasteiger partial charge in [-0.25, -0.2) is 0 Å². The predicted octanol–water partition coefficient (Wildman–Crippen LogP) is 3.10. The van der Waals surface area contributed by atoms with Crippen molar-refractivity contribution >= 4 is 45.8 Å². The highest BCUT2D eigenvalue weighted by atomic mass is 79.9. The molecule has 2 atom stereocenters. The Bertz CT molecular complexity index is 626. The van der Waals surface area contributed by atoms with Crippen molar-refractivity contribution in [2.75, 3.05) is 18.0 Å². The van der Waals surface area contributed by atoms with Crippen molar-refractivity contribution in [1.29, 1.82) is 0 Å². The summed E-state index contributed by atoms with van der Waals surface area (Å²) in [6, 6.07) is 7.56. The maximum atomic E-state index is 12.7. The number of nitrogens with one attached hydrogen (secondary N) is 1. The summed E-state index contributed by atoms with van der Waals surface area (Å²) in [5, 5.41) is 3.07. The summed E-state index contributed by atoms with van der Waals surface area (Å²) in [5.74, 6) is -0.0321. The summed E-state index contributed by atoms with van der Waals surface area (Å²) in [6.07, 6.45) is 1.04. The lowest BCUT2D eigenvalue weighted by Crippen LogP contribution is -2.54. The Morgan fingerprint density at radius 3 is 2.64 bits per heavy atom. The number of nitrogens with zero attached hydrogens (tertiary/aromatic N) is 1. The van der Waals surface area contributed by atoms with Crippen LogP contribution in [0.15, 0.2) is 28.7 Å². The van der Waals surface area contributed by atoms with Gasteiger partial charge in [-0.05, 0) is 47.3 Å². The molecule has 0 aromatic heterocycles. The van der Waals surface area contributed by atoms with E-state index in [-0.39, 0.29) is 36.6 Å². The molecule has 0 radical (unpaired) electrons. The second kappa shape index (κ2) is 9.01. The van der Waals surface area contributed by atoms with Crippen molar-refractivity contribution in [2.24, 2.45) is 17.6 Å². The Balaban J connectivity index is 0.00000312. The molecule has 2 amide bonds. The number of hydrogen-bond donors (Lipinski definition) is 2. The van der Waals surface area contributed by atoms with Crippen LogP contribution in [0, 0.1) is 11.8 Å². The van der Waals surface area contributed by atoms with Gasteiger partial charge in [0.25, 0.3) is 0 Å². The van der Waals surface area contributed by atoms with Crippen LogP contribution >= 0.6 is 28.3 Å². The van der Waals surface area contributed by atoms with Gasteiger partial charge in [0.15, 0.2) is 0 Å². The van der Waals surface area contributed by atoms with Gasteiger partial charge in [-0.3, -0.25) is 9.59 Å². The zero-order valence-electron chi connectivity index (χ0n) is 14.9. The number of anilines is 1. The molecule has 1 aromatic rings. The van der Waals surface area contributed by atoms with Crippen molar-refractivity contribution in [3.63, 3.8) is 0 Å². The highest BCUT2D eigenvalue weighted by Gasteiger charge is 2.38. The lowest BCUT2D eigenvalue weighted by molar-refractivity contribution is -0.128. The smallest absolute Gasteiger partial charge is 0.227 e. The molecular formula is C18H27BrClN3O2. The summed E-state index contributed by atoms with van der Waals surface area (Å²) < 4.78 is 0.853. The highest BCUT2D eigenvalue weighted by Crippen LogP contribution is 2.31. The summed E-state index contributed by atoms with van der Waals surface area (Å²) in [4.78, 5) is 26.7. The number of carbonyl (C=O) groups is 2. The maximum Gasteiger partial charge on any atom is 0.227 e. The number of nitrogens with two attached hydrogens (primary N) is 1. The molecule has 3 N–H and O–H groups in total. The van der Waals surface area contributed by atoms with Crippen LogP contribution in [0.4, 0.5) is 5.69 Å². The molecule has 2 unspecified atom stereocenters. The SMILES string of the molecule is CC(C)CC(C)(CN)NC(=O)C1CC(=O)N(c2ccccc2Br)C1.Cl. The fourth-order valence-corrected chi connectivity index (χ4v) is 3.77. The van der Waals surface area contributed by atoms with Crippen LogP contribution in [-0.4, -0.2) is 30.4 Å². The number of benzene rings is 1. The van der Waals surface area contributed by atoms with Crippen molar-refractivity contribution in [3.8, 4) is 0 Å². The van der Waals surface area contributed by atoms with Crippen LogP contribution in [0.3, 0.4) is 0 Å². The molecule has 1 aliphatic heterocycles. The molecule has 1 saturated heterocycles. The van der Waals surface area contributed by atoms with Crippen molar-refractivity contribution in [3.05, 3.63) is 28.7 Å². The molecule has 1 aliphatic rings. The van der Waals surface area contributed by atoms with Gasteiger partial charge in [0.2, 0.25) is 11.8 Å². The zero-order chi connectivity index (χ0) is 17.9. The monoisotopic (exact) mass is 431 g/mol. The van der Waals surface area contributed by atoms with E-state index in [0.29, 0.717) is 19.0 Å². The van der Waals surface area contributed by atoms with Gasteiger partial charge < -0.3 is 16.0 Å². The Labute approximate surface area is 164 Å². The summed E-state index contributed by atoms with van der Waals surface area (Å²) >= 11 is 3.47. The fourth-order valence-electron chi connectivity index (χ4n) is 3.27. The summed E-state index contributed by atoms with van der Waals surface area (Å²) in [5.41, 5.74) is 6.24. The van der Waals surface area contributed by atoms with E-state index < -0.39 is 5.54 Å². The summed E-state index contributed by atoms with van der Waals surface area (Å²) in [6.45, 7) is 6.95. The Morgan fingerprint density at radius 2 is 2.08 bits per heavy atom. The lowest BCUT2D eigenvalue weighted by atomic mass is 9.90. The first kappa shape index (κ1) is 21.9. The lowest BCUT2D eigenvalue weighted by Gasteiger charge is -2.32. The largest absolute Gasteiger partial charge is 0.349 e. The average molecular weight is 433 g/mol. The number of amides is 2.